The van der Waals surface area contributed by atoms with Crippen LogP contribution in [0.25, 0.3) is 0 Å². The zero-order chi connectivity index (χ0) is 12.8. The summed E-state index contributed by atoms with van der Waals surface area (Å²) < 4.78 is 0. The topological polar surface area (TPSA) is 66.4 Å². The Labute approximate surface area is 99.7 Å². The third kappa shape index (κ3) is 3.99. The van der Waals surface area contributed by atoms with Gasteiger partial charge in [0.05, 0.1) is 12.1 Å². The van der Waals surface area contributed by atoms with Crippen LogP contribution in [0.15, 0.2) is 18.2 Å². The fourth-order valence-corrected chi connectivity index (χ4v) is 1.25. The fourth-order valence-electron chi connectivity index (χ4n) is 1.25. The van der Waals surface area contributed by atoms with Gasteiger partial charge in [-0.15, -0.1) is 0 Å². The van der Waals surface area contributed by atoms with Gasteiger partial charge in [0.25, 0.3) is 0 Å². The van der Waals surface area contributed by atoms with Crippen molar-refractivity contribution in [3.63, 3.8) is 0 Å². The lowest BCUT2D eigenvalue weighted by atomic mass is 10.1. The van der Waals surface area contributed by atoms with E-state index in [2.05, 4.69) is 17.2 Å². The first-order chi connectivity index (χ1) is 8.00. The summed E-state index contributed by atoms with van der Waals surface area (Å²) in [6.45, 7) is 3.51. The van der Waals surface area contributed by atoms with Crippen LogP contribution < -0.4 is 5.32 Å². The molecule has 0 spiro atoms. The summed E-state index contributed by atoms with van der Waals surface area (Å²) in [5, 5.41) is 11.4. The third-order valence-electron chi connectivity index (χ3n) is 2.12. The van der Waals surface area contributed by atoms with Gasteiger partial charge in [-0.1, -0.05) is 11.8 Å². The Morgan fingerprint density at radius 2 is 2.12 bits per heavy atom. The van der Waals surface area contributed by atoms with Gasteiger partial charge in [0.2, 0.25) is 5.91 Å². The van der Waals surface area contributed by atoms with Gasteiger partial charge in [0.15, 0.2) is 0 Å². The number of carbonyl (C=O) groups excluding carboxylic acids is 1. The average Bonchev–Trinajstić information content (AvgIpc) is 2.25. The van der Waals surface area contributed by atoms with Gasteiger partial charge in [-0.2, -0.15) is 0 Å². The van der Waals surface area contributed by atoms with E-state index in [1.54, 1.807) is 19.1 Å². The Balaban J connectivity index is 2.79. The largest absolute Gasteiger partial charge is 0.478 e. The molecule has 0 aliphatic carbocycles. The van der Waals surface area contributed by atoms with E-state index in [9.17, 15) is 9.59 Å². The number of carboxylic acids is 1. The van der Waals surface area contributed by atoms with E-state index >= 15 is 0 Å². The second-order valence-electron chi connectivity index (χ2n) is 3.55. The first-order valence-electron chi connectivity index (χ1n) is 5.08. The van der Waals surface area contributed by atoms with Gasteiger partial charge >= 0.3 is 5.97 Å². The highest BCUT2D eigenvalue weighted by Crippen LogP contribution is 2.09. The second-order valence-corrected chi connectivity index (χ2v) is 3.55. The summed E-state index contributed by atoms with van der Waals surface area (Å²) in [7, 11) is 0. The Hall–Kier alpha value is -2.28. The molecule has 0 saturated heterocycles. The molecule has 0 aromatic heterocycles. The van der Waals surface area contributed by atoms with E-state index in [4.69, 9.17) is 5.11 Å². The standard InChI is InChI=1S/C13H13NO3/c1-9-8-12(13(16)17)6-5-11(9)4-3-7-14-10(2)15/h5-6,8H,7H2,1-2H3,(H,14,15)(H,16,17). The van der Waals surface area contributed by atoms with Crippen LogP contribution in [-0.4, -0.2) is 23.5 Å². The summed E-state index contributed by atoms with van der Waals surface area (Å²) in [6, 6.07) is 4.75. The number of amides is 1. The van der Waals surface area contributed by atoms with Crippen molar-refractivity contribution in [2.24, 2.45) is 0 Å². The highest BCUT2D eigenvalue weighted by Gasteiger charge is 2.03. The number of hydrogen-bond donors (Lipinski definition) is 2. The summed E-state index contributed by atoms with van der Waals surface area (Å²) in [5.41, 5.74) is 1.82. The van der Waals surface area contributed by atoms with Crippen molar-refractivity contribution in [3.8, 4) is 11.8 Å². The minimum atomic E-state index is -0.953. The predicted octanol–water partition coefficient (Wildman–Crippen LogP) is 1.18. The maximum absolute atomic E-state index is 10.7. The third-order valence-corrected chi connectivity index (χ3v) is 2.12. The molecule has 0 saturated carbocycles. The lowest BCUT2D eigenvalue weighted by molar-refractivity contribution is -0.118. The molecule has 0 aliphatic heterocycles. The minimum Gasteiger partial charge on any atom is -0.478 e. The first-order valence-corrected chi connectivity index (χ1v) is 5.08. The molecule has 0 radical (unpaired) electrons. The average molecular weight is 231 g/mol. The van der Waals surface area contributed by atoms with Crippen LogP contribution in [-0.2, 0) is 4.79 Å². The van der Waals surface area contributed by atoms with Gasteiger partial charge in [0.1, 0.15) is 0 Å². The van der Waals surface area contributed by atoms with E-state index in [0.29, 0.717) is 0 Å². The molecular weight excluding hydrogens is 218 g/mol. The van der Waals surface area contributed by atoms with Crippen molar-refractivity contribution in [1.29, 1.82) is 0 Å². The van der Waals surface area contributed by atoms with E-state index in [-0.39, 0.29) is 18.0 Å². The summed E-state index contributed by atoms with van der Waals surface area (Å²) in [6.07, 6.45) is 0. The molecule has 1 aromatic carbocycles. The normalized spacial score (nSPS) is 9.06. The molecule has 88 valence electrons. The molecule has 0 heterocycles. The van der Waals surface area contributed by atoms with Gasteiger partial charge in [-0.3, -0.25) is 4.79 Å². The lowest BCUT2D eigenvalue weighted by Crippen LogP contribution is -2.19. The minimum absolute atomic E-state index is 0.128. The molecule has 0 atom stereocenters. The summed E-state index contributed by atoms with van der Waals surface area (Å²) in [4.78, 5) is 21.3. The molecule has 2 N–H and O–H groups in total. The number of rotatable bonds is 2. The molecule has 0 unspecified atom stereocenters. The number of nitrogens with one attached hydrogen (secondary N) is 1. The smallest absolute Gasteiger partial charge is 0.335 e. The summed E-state index contributed by atoms with van der Waals surface area (Å²) >= 11 is 0. The van der Waals surface area contributed by atoms with Crippen LogP contribution in [0.2, 0.25) is 0 Å². The molecule has 0 aliphatic rings. The number of carbonyl (C=O) groups is 2. The zero-order valence-corrected chi connectivity index (χ0v) is 9.70. The van der Waals surface area contributed by atoms with E-state index in [1.165, 1.54) is 13.0 Å². The van der Waals surface area contributed by atoms with Gasteiger partial charge in [-0.05, 0) is 30.7 Å². The van der Waals surface area contributed by atoms with Crippen molar-refractivity contribution < 1.29 is 14.7 Å². The van der Waals surface area contributed by atoms with Crippen molar-refractivity contribution in [3.05, 3.63) is 34.9 Å². The van der Waals surface area contributed by atoms with Crippen LogP contribution >= 0.6 is 0 Å². The quantitative estimate of drug-likeness (QED) is 0.751. The fraction of sp³-hybridized carbons (Fsp3) is 0.231. The van der Waals surface area contributed by atoms with Crippen molar-refractivity contribution in [2.75, 3.05) is 6.54 Å². The van der Waals surface area contributed by atoms with E-state index in [0.717, 1.165) is 11.1 Å². The second kappa shape index (κ2) is 5.71. The number of benzene rings is 1. The lowest BCUT2D eigenvalue weighted by Gasteiger charge is -2.00. The Morgan fingerprint density at radius 1 is 1.41 bits per heavy atom. The molecule has 4 heteroatoms. The number of aryl methyl sites for hydroxylation is 1. The number of hydrogen-bond acceptors (Lipinski definition) is 2. The Bertz CT molecular complexity index is 509. The highest BCUT2D eigenvalue weighted by molar-refractivity contribution is 5.88. The molecule has 1 rings (SSSR count). The van der Waals surface area contributed by atoms with Crippen molar-refractivity contribution in [1.82, 2.24) is 5.32 Å². The SMILES string of the molecule is CC(=O)NCC#Cc1ccc(C(=O)O)cc1C. The molecule has 1 aromatic rings. The van der Waals surface area contributed by atoms with Gasteiger partial charge in [0, 0.05) is 12.5 Å². The molecule has 0 bridgehead atoms. The van der Waals surface area contributed by atoms with Crippen LogP contribution in [0.3, 0.4) is 0 Å². The van der Waals surface area contributed by atoms with E-state index < -0.39 is 5.97 Å². The van der Waals surface area contributed by atoms with E-state index in [1.807, 2.05) is 0 Å². The maximum atomic E-state index is 10.7. The van der Waals surface area contributed by atoms with Gasteiger partial charge in [-0.25, -0.2) is 4.79 Å². The monoisotopic (exact) mass is 231 g/mol. The van der Waals surface area contributed by atoms with Crippen LogP contribution in [0.1, 0.15) is 28.4 Å². The highest BCUT2D eigenvalue weighted by atomic mass is 16.4. The van der Waals surface area contributed by atoms with Crippen LogP contribution in [0.5, 0.6) is 0 Å². The summed E-state index contributed by atoms with van der Waals surface area (Å²) in [5.74, 6) is 4.59. The van der Waals surface area contributed by atoms with Gasteiger partial charge < -0.3 is 10.4 Å². The Morgan fingerprint density at radius 3 is 2.65 bits per heavy atom. The van der Waals surface area contributed by atoms with Crippen molar-refractivity contribution >= 4 is 11.9 Å². The molecule has 1 amide bonds. The molecular formula is C13H13NO3. The maximum Gasteiger partial charge on any atom is 0.335 e. The first kappa shape index (κ1) is 12.8. The van der Waals surface area contributed by atoms with Crippen molar-refractivity contribution in [2.45, 2.75) is 13.8 Å². The van der Waals surface area contributed by atoms with Crippen LogP contribution in [0.4, 0.5) is 0 Å². The number of aromatic carboxylic acids is 1. The molecule has 4 nitrogen and oxygen atoms in total. The molecule has 0 fully saturated rings. The number of carboxylic acid groups (broad SMARTS) is 1. The molecule has 17 heavy (non-hydrogen) atoms. The predicted molar refractivity (Wildman–Crippen MR) is 63.7 cm³/mol. The van der Waals surface area contributed by atoms with Crippen LogP contribution in [0, 0.1) is 18.8 Å². The Kier molecular flexibility index (Phi) is 4.29. The zero-order valence-electron chi connectivity index (χ0n) is 9.70.